The number of hydrazone groups is 1. The molecule has 0 fully saturated rings. The quantitative estimate of drug-likeness (QED) is 0.830. The number of amides is 1. The van der Waals surface area contributed by atoms with Crippen LogP contribution in [0, 0.1) is 0 Å². The molecule has 1 amide bonds. The number of allylic oxidation sites excluding steroid dienone is 1. The monoisotopic (exact) mass is 339 g/mol. The predicted octanol–water partition coefficient (Wildman–Crippen LogP) is 4.29. The molecular weight excluding hydrogens is 322 g/mol. The summed E-state index contributed by atoms with van der Waals surface area (Å²) in [5.41, 5.74) is 10.7. The van der Waals surface area contributed by atoms with Gasteiger partial charge in [-0.2, -0.15) is 5.10 Å². The van der Waals surface area contributed by atoms with Crippen molar-refractivity contribution in [1.29, 1.82) is 0 Å². The van der Waals surface area contributed by atoms with Gasteiger partial charge in [-0.15, -0.1) is 0 Å². The summed E-state index contributed by atoms with van der Waals surface area (Å²) in [6.45, 7) is 3.70. The van der Waals surface area contributed by atoms with Gasteiger partial charge in [0.2, 0.25) is 5.91 Å². The number of rotatable bonds is 2. The van der Waals surface area contributed by atoms with Crippen molar-refractivity contribution in [2.75, 3.05) is 5.73 Å². The molecule has 1 aliphatic rings. The number of carbonyl (C=O) groups is 1. The number of anilines is 1. The topological polar surface area (TPSA) is 58.7 Å². The van der Waals surface area contributed by atoms with Crippen molar-refractivity contribution in [3.63, 3.8) is 0 Å². The van der Waals surface area contributed by atoms with Crippen LogP contribution in [0.3, 0.4) is 0 Å². The fraction of sp³-hybridized carbons (Fsp3) is 0.158. The fourth-order valence-electron chi connectivity index (χ4n) is 2.63. The summed E-state index contributed by atoms with van der Waals surface area (Å²) in [5, 5.41) is 6.72. The molecule has 0 aliphatic carbocycles. The van der Waals surface area contributed by atoms with Gasteiger partial charge >= 0.3 is 0 Å². The third-order valence-corrected chi connectivity index (χ3v) is 4.13. The van der Waals surface area contributed by atoms with Crippen LogP contribution in [0.25, 0.3) is 6.08 Å². The Bertz CT molecular complexity index is 853. The summed E-state index contributed by atoms with van der Waals surface area (Å²) in [6.07, 6.45) is 2.33. The Morgan fingerprint density at radius 3 is 2.58 bits per heavy atom. The Kier molecular flexibility index (Phi) is 4.40. The predicted molar refractivity (Wildman–Crippen MR) is 98.7 cm³/mol. The van der Waals surface area contributed by atoms with Crippen molar-refractivity contribution in [2.45, 2.75) is 20.3 Å². The molecular formula is C19H18ClN3O. The minimum Gasteiger partial charge on any atom is -0.399 e. The maximum Gasteiger partial charge on any atom is 0.246 e. The van der Waals surface area contributed by atoms with Crippen LogP contribution >= 0.6 is 11.6 Å². The zero-order chi connectivity index (χ0) is 17.3. The van der Waals surface area contributed by atoms with Crippen LogP contribution in [-0.4, -0.2) is 16.6 Å². The first-order valence-corrected chi connectivity index (χ1v) is 8.13. The molecule has 2 aromatic carbocycles. The van der Waals surface area contributed by atoms with Crippen molar-refractivity contribution in [2.24, 2.45) is 5.10 Å². The first-order chi connectivity index (χ1) is 11.5. The molecule has 1 aliphatic heterocycles. The Hall–Kier alpha value is -2.59. The van der Waals surface area contributed by atoms with Crippen LogP contribution in [0.15, 0.2) is 53.3 Å². The van der Waals surface area contributed by atoms with Crippen LogP contribution < -0.4 is 5.73 Å². The van der Waals surface area contributed by atoms with Crippen LogP contribution in [-0.2, 0) is 4.79 Å². The van der Waals surface area contributed by atoms with E-state index in [1.807, 2.05) is 62.4 Å². The van der Waals surface area contributed by atoms with Gasteiger partial charge in [0.25, 0.3) is 0 Å². The molecule has 0 saturated carbocycles. The number of hydrogen-bond donors (Lipinski definition) is 1. The molecule has 3 rings (SSSR count). The van der Waals surface area contributed by atoms with Crippen molar-refractivity contribution in [3.05, 3.63) is 69.9 Å². The third kappa shape index (κ3) is 3.05. The second-order valence-corrected chi connectivity index (χ2v) is 6.08. The summed E-state index contributed by atoms with van der Waals surface area (Å²) < 4.78 is 0. The number of hydrogen-bond acceptors (Lipinski definition) is 3. The Balaban J connectivity index is 2.24. The van der Waals surface area contributed by atoms with Crippen molar-refractivity contribution in [3.8, 4) is 0 Å². The number of fused-ring (bicyclic) bond motifs is 1. The summed E-state index contributed by atoms with van der Waals surface area (Å²) in [4.78, 5) is 12.3. The molecule has 0 saturated heterocycles. The van der Waals surface area contributed by atoms with Gasteiger partial charge in [0, 0.05) is 34.0 Å². The Labute approximate surface area is 146 Å². The van der Waals surface area contributed by atoms with Gasteiger partial charge in [0.05, 0.1) is 5.71 Å². The van der Waals surface area contributed by atoms with Gasteiger partial charge in [-0.1, -0.05) is 36.7 Å². The summed E-state index contributed by atoms with van der Waals surface area (Å²) >= 11 is 6.19. The minimum absolute atomic E-state index is 0.0596. The van der Waals surface area contributed by atoms with E-state index in [1.54, 1.807) is 0 Å². The van der Waals surface area contributed by atoms with Crippen molar-refractivity contribution < 1.29 is 4.79 Å². The molecule has 2 N–H and O–H groups in total. The normalized spacial score (nSPS) is 13.7. The van der Waals surface area contributed by atoms with Crippen molar-refractivity contribution >= 4 is 35.0 Å². The average molecular weight is 340 g/mol. The largest absolute Gasteiger partial charge is 0.399 e. The van der Waals surface area contributed by atoms with E-state index in [0.717, 1.165) is 22.4 Å². The summed E-state index contributed by atoms with van der Waals surface area (Å²) in [7, 11) is 0. The van der Waals surface area contributed by atoms with E-state index < -0.39 is 0 Å². The average Bonchev–Trinajstić information content (AvgIpc) is 2.71. The molecule has 2 aromatic rings. The fourth-order valence-corrected chi connectivity index (χ4v) is 2.81. The number of nitrogens with zero attached hydrogens (tertiary/aromatic N) is 2. The lowest BCUT2D eigenvalue weighted by molar-refractivity contribution is -0.128. The zero-order valence-electron chi connectivity index (χ0n) is 13.6. The number of carbonyl (C=O) groups excluding carboxylic acids is 1. The molecule has 24 heavy (non-hydrogen) atoms. The molecule has 0 bridgehead atoms. The van der Waals surface area contributed by atoms with E-state index in [1.165, 1.54) is 5.01 Å². The van der Waals surface area contributed by atoms with Gasteiger partial charge < -0.3 is 5.73 Å². The smallest absolute Gasteiger partial charge is 0.246 e. The first-order valence-electron chi connectivity index (χ1n) is 7.75. The first kappa shape index (κ1) is 16.3. The highest BCUT2D eigenvalue weighted by Gasteiger charge is 2.21. The molecule has 5 heteroatoms. The maximum absolute atomic E-state index is 12.3. The Morgan fingerprint density at radius 2 is 1.92 bits per heavy atom. The summed E-state index contributed by atoms with van der Waals surface area (Å²) in [5.74, 6) is -0.0596. The standard InChI is InChI=1S/C19H18ClN3O/c1-3-18(24)23-12(2)10-14-4-7-15(20)11-17(14)19(22-23)13-5-8-16(21)9-6-13/h4-11H,3,21H2,1-2H3. The van der Waals surface area contributed by atoms with Gasteiger partial charge in [-0.05, 0) is 42.8 Å². The second kappa shape index (κ2) is 6.49. The highest BCUT2D eigenvalue weighted by atomic mass is 35.5. The van der Waals surface area contributed by atoms with Crippen LogP contribution in [0.4, 0.5) is 5.69 Å². The van der Waals surface area contributed by atoms with E-state index in [-0.39, 0.29) is 5.91 Å². The number of benzene rings is 2. The van der Waals surface area contributed by atoms with E-state index in [9.17, 15) is 4.79 Å². The second-order valence-electron chi connectivity index (χ2n) is 5.65. The number of halogens is 1. The van der Waals surface area contributed by atoms with Gasteiger partial charge in [-0.3, -0.25) is 4.79 Å². The highest BCUT2D eigenvalue weighted by molar-refractivity contribution is 6.31. The van der Waals surface area contributed by atoms with Crippen LogP contribution in [0.1, 0.15) is 37.0 Å². The van der Waals surface area contributed by atoms with Crippen LogP contribution in [0.5, 0.6) is 0 Å². The number of nitrogens with two attached hydrogens (primary N) is 1. The minimum atomic E-state index is -0.0596. The third-order valence-electron chi connectivity index (χ3n) is 3.89. The molecule has 0 spiro atoms. The molecule has 0 unspecified atom stereocenters. The van der Waals surface area contributed by atoms with Crippen LogP contribution in [0.2, 0.25) is 5.02 Å². The van der Waals surface area contributed by atoms with E-state index in [2.05, 4.69) is 5.10 Å². The number of nitrogen functional groups attached to an aromatic ring is 1. The Morgan fingerprint density at radius 1 is 1.21 bits per heavy atom. The van der Waals surface area contributed by atoms with Gasteiger partial charge in [0.1, 0.15) is 0 Å². The lowest BCUT2D eigenvalue weighted by Gasteiger charge is -2.17. The SMILES string of the molecule is CCC(=O)N1N=C(c2ccc(N)cc2)c2cc(Cl)ccc2C=C1C. The van der Waals surface area contributed by atoms with Gasteiger partial charge in [0.15, 0.2) is 0 Å². The molecule has 0 aromatic heterocycles. The molecule has 122 valence electrons. The molecule has 4 nitrogen and oxygen atoms in total. The lowest BCUT2D eigenvalue weighted by Crippen LogP contribution is -2.24. The zero-order valence-corrected chi connectivity index (χ0v) is 14.3. The molecule has 0 atom stereocenters. The van der Waals surface area contributed by atoms with E-state index in [4.69, 9.17) is 17.3 Å². The molecule has 1 heterocycles. The van der Waals surface area contributed by atoms with E-state index >= 15 is 0 Å². The summed E-state index contributed by atoms with van der Waals surface area (Å²) in [6, 6.07) is 13.1. The van der Waals surface area contributed by atoms with Gasteiger partial charge in [-0.25, -0.2) is 5.01 Å². The highest BCUT2D eigenvalue weighted by Crippen LogP contribution is 2.27. The maximum atomic E-state index is 12.3. The molecule has 0 radical (unpaired) electrons. The van der Waals surface area contributed by atoms with E-state index in [0.29, 0.717) is 22.8 Å². The lowest BCUT2D eigenvalue weighted by atomic mass is 9.97. The van der Waals surface area contributed by atoms with Crippen molar-refractivity contribution in [1.82, 2.24) is 5.01 Å².